The number of aryl methyl sites for hydroxylation is 1. The van der Waals surface area contributed by atoms with E-state index in [1.807, 2.05) is 0 Å². The third kappa shape index (κ3) is 5.10. The number of nitrogens with one attached hydrogen (secondary N) is 1. The van der Waals surface area contributed by atoms with Gasteiger partial charge < -0.3 is 10.1 Å². The molecule has 0 heterocycles. The van der Waals surface area contributed by atoms with E-state index in [0.29, 0.717) is 16.9 Å². The molecular weight excluding hydrogens is 416 g/mol. The Morgan fingerprint density at radius 3 is 2.29 bits per heavy atom. The normalized spacial score (nSPS) is 10.9. The lowest BCUT2D eigenvalue weighted by atomic mass is 10.2. The minimum atomic E-state index is -3.99. The third-order valence-electron chi connectivity index (χ3n) is 4.57. The molecule has 0 saturated heterocycles. The Labute approximate surface area is 181 Å². The van der Waals surface area contributed by atoms with Gasteiger partial charge in [0.05, 0.1) is 23.3 Å². The molecule has 0 aliphatic carbocycles. The molecule has 1 amide bonds. The third-order valence-corrected chi connectivity index (χ3v) is 6.34. The minimum Gasteiger partial charge on any atom is -0.465 e. The summed E-state index contributed by atoms with van der Waals surface area (Å²) in [7, 11) is -2.73. The van der Waals surface area contributed by atoms with Gasteiger partial charge in [0.2, 0.25) is 5.91 Å². The number of amides is 1. The van der Waals surface area contributed by atoms with Gasteiger partial charge in [-0.15, -0.1) is 0 Å². The number of rotatable bonds is 7. The maximum atomic E-state index is 13.3. The van der Waals surface area contributed by atoms with Crippen LogP contribution in [-0.2, 0) is 19.6 Å². The van der Waals surface area contributed by atoms with E-state index in [9.17, 15) is 18.0 Å². The number of hydrogen-bond acceptors (Lipinski definition) is 5. The average molecular weight is 439 g/mol. The molecule has 1 N–H and O–H groups in total. The number of carbonyl (C=O) groups is 2. The summed E-state index contributed by atoms with van der Waals surface area (Å²) in [5.41, 5.74) is 1.75. The van der Waals surface area contributed by atoms with Crippen LogP contribution in [0.1, 0.15) is 15.9 Å². The van der Waals surface area contributed by atoms with Crippen molar-refractivity contribution >= 4 is 33.3 Å². The predicted molar refractivity (Wildman–Crippen MR) is 119 cm³/mol. The van der Waals surface area contributed by atoms with Gasteiger partial charge in [-0.2, -0.15) is 0 Å². The molecule has 0 radical (unpaired) electrons. The number of hydrogen-bond donors (Lipinski definition) is 1. The highest BCUT2D eigenvalue weighted by Crippen LogP contribution is 2.26. The van der Waals surface area contributed by atoms with Crippen molar-refractivity contribution in [2.24, 2.45) is 0 Å². The van der Waals surface area contributed by atoms with Crippen LogP contribution in [0.25, 0.3) is 0 Å². The lowest BCUT2D eigenvalue weighted by molar-refractivity contribution is -0.114. The second kappa shape index (κ2) is 9.44. The van der Waals surface area contributed by atoms with Crippen LogP contribution < -0.4 is 9.62 Å². The molecule has 3 aromatic rings. The fraction of sp³-hybridized carbons (Fsp3) is 0.130. The second-order valence-corrected chi connectivity index (χ2v) is 8.59. The van der Waals surface area contributed by atoms with Crippen molar-refractivity contribution in [3.05, 3.63) is 90.0 Å². The van der Waals surface area contributed by atoms with Crippen molar-refractivity contribution in [2.75, 3.05) is 23.3 Å². The molecule has 0 spiro atoms. The summed E-state index contributed by atoms with van der Waals surface area (Å²) < 4.78 is 32.4. The van der Waals surface area contributed by atoms with Gasteiger partial charge in [-0.3, -0.25) is 9.10 Å². The molecule has 0 aliphatic rings. The van der Waals surface area contributed by atoms with E-state index in [4.69, 9.17) is 0 Å². The van der Waals surface area contributed by atoms with Gasteiger partial charge in [0.25, 0.3) is 10.0 Å². The first-order valence-corrected chi connectivity index (χ1v) is 10.9. The SMILES string of the molecule is COC(=O)c1cccc(NC(=O)CN(c2ccccc2C)S(=O)(=O)c2ccccc2)c1. The van der Waals surface area contributed by atoms with Crippen LogP contribution >= 0.6 is 0 Å². The van der Waals surface area contributed by atoms with Crippen molar-refractivity contribution < 1.29 is 22.7 Å². The topological polar surface area (TPSA) is 92.8 Å². The predicted octanol–water partition coefficient (Wildman–Crippen LogP) is 3.62. The summed E-state index contributed by atoms with van der Waals surface area (Å²) in [5, 5.41) is 2.65. The first-order chi connectivity index (χ1) is 14.8. The Kier molecular flexibility index (Phi) is 6.71. The van der Waals surface area contributed by atoms with Crippen molar-refractivity contribution in [2.45, 2.75) is 11.8 Å². The quantitative estimate of drug-likeness (QED) is 0.569. The van der Waals surface area contributed by atoms with Crippen molar-refractivity contribution in [3.8, 4) is 0 Å². The standard InChI is InChI=1S/C23H22N2O5S/c1-17-9-6-7-14-21(17)25(31(28,29)20-12-4-3-5-13-20)16-22(26)24-19-11-8-10-18(15-19)23(27)30-2/h3-15H,16H2,1-2H3,(H,24,26). The zero-order valence-corrected chi connectivity index (χ0v) is 17.9. The minimum absolute atomic E-state index is 0.0822. The van der Waals surface area contributed by atoms with Crippen molar-refractivity contribution in [1.82, 2.24) is 0 Å². The highest BCUT2D eigenvalue weighted by Gasteiger charge is 2.28. The van der Waals surface area contributed by atoms with E-state index < -0.39 is 28.4 Å². The van der Waals surface area contributed by atoms with Gasteiger partial charge in [-0.05, 0) is 48.9 Å². The maximum absolute atomic E-state index is 13.3. The summed E-state index contributed by atoms with van der Waals surface area (Å²) >= 11 is 0. The van der Waals surface area contributed by atoms with Gasteiger partial charge in [0, 0.05) is 5.69 Å². The van der Waals surface area contributed by atoms with E-state index >= 15 is 0 Å². The summed E-state index contributed by atoms with van der Waals surface area (Å²) in [5.74, 6) is -1.09. The van der Waals surface area contributed by atoms with Crippen molar-refractivity contribution in [3.63, 3.8) is 0 Å². The number of ether oxygens (including phenoxy) is 1. The number of carbonyl (C=O) groups excluding carboxylic acids is 2. The summed E-state index contributed by atoms with van der Waals surface area (Å²) in [4.78, 5) is 24.6. The maximum Gasteiger partial charge on any atom is 0.337 e. The summed E-state index contributed by atoms with van der Waals surface area (Å²) in [6, 6.07) is 21.1. The van der Waals surface area contributed by atoms with Crippen LogP contribution in [-0.4, -0.2) is 33.9 Å². The number of methoxy groups -OCH3 is 1. The van der Waals surface area contributed by atoms with Crippen LogP contribution in [0.3, 0.4) is 0 Å². The number of anilines is 2. The molecule has 0 saturated carbocycles. The van der Waals surface area contributed by atoms with Crippen LogP contribution in [0.4, 0.5) is 11.4 Å². The Morgan fingerprint density at radius 2 is 1.61 bits per heavy atom. The molecule has 0 bridgehead atoms. The Morgan fingerprint density at radius 1 is 0.935 bits per heavy atom. The fourth-order valence-corrected chi connectivity index (χ4v) is 4.54. The zero-order chi connectivity index (χ0) is 22.4. The van der Waals surface area contributed by atoms with E-state index in [2.05, 4.69) is 10.1 Å². The average Bonchev–Trinajstić information content (AvgIpc) is 2.78. The van der Waals surface area contributed by atoms with Crippen LogP contribution in [0, 0.1) is 6.92 Å². The Balaban J connectivity index is 1.92. The van der Waals surface area contributed by atoms with Gasteiger partial charge in [-0.1, -0.05) is 42.5 Å². The first kappa shape index (κ1) is 22.0. The Hall–Kier alpha value is -3.65. The smallest absolute Gasteiger partial charge is 0.337 e. The lowest BCUT2D eigenvalue weighted by Crippen LogP contribution is -2.38. The second-order valence-electron chi connectivity index (χ2n) is 6.73. The monoisotopic (exact) mass is 438 g/mol. The highest BCUT2D eigenvalue weighted by atomic mass is 32.2. The van der Waals surface area contributed by atoms with Gasteiger partial charge in [-0.25, -0.2) is 13.2 Å². The molecule has 31 heavy (non-hydrogen) atoms. The highest BCUT2D eigenvalue weighted by molar-refractivity contribution is 7.92. The molecule has 0 atom stereocenters. The molecule has 7 nitrogen and oxygen atoms in total. The number of para-hydroxylation sites is 1. The van der Waals surface area contributed by atoms with E-state index in [-0.39, 0.29) is 10.5 Å². The molecule has 160 valence electrons. The molecule has 0 aromatic heterocycles. The van der Waals surface area contributed by atoms with Crippen molar-refractivity contribution in [1.29, 1.82) is 0 Å². The first-order valence-electron chi connectivity index (χ1n) is 9.44. The van der Waals surface area contributed by atoms with Crippen LogP contribution in [0.15, 0.2) is 83.8 Å². The number of esters is 1. The molecule has 0 unspecified atom stereocenters. The number of benzene rings is 3. The molecule has 3 rings (SSSR count). The molecule has 0 aliphatic heterocycles. The van der Waals surface area contributed by atoms with E-state index in [0.717, 1.165) is 4.31 Å². The largest absolute Gasteiger partial charge is 0.465 e. The summed E-state index contributed by atoms with van der Waals surface area (Å²) in [6.07, 6.45) is 0. The lowest BCUT2D eigenvalue weighted by Gasteiger charge is -2.25. The van der Waals surface area contributed by atoms with Gasteiger partial charge in [0.15, 0.2) is 0 Å². The summed E-state index contributed by atoms with van der Waals surface area (Å²) in [6.45, 7) is 1.34. The molecule has 3 aromatic carbocycles. The number of sulfonamides is 1. The van der Waals surface area contributed by atoms with Crippen LogP contribution in [0.5, 0.6) is 0 Å². The fourth-order valence-electron chi connectivity index (χ4n) is 3.04. The molecular formula is C23H22N2O5S. The van der Waals surface area contributed by atoms with Gasteiger partial charge >= 0.3 is 5.97 Å². The molecule has 8 heteroatoms. The Bertz CT molecular complexity index is 1190. The van der Waals surface area contributed by atoms with E-state index in [1.54, 1.807) is 67.6 Å². The van der Waals surface area contributed by atoms with Crippen LogP contribution in [0.2, 0.25) is 0 Å². The zero-order valence-electron chi connectivity index (χ0n) is 17.1. The molecule has 0 fully saturated rings. The van der Waals surface area contributed by atoms with E-state index in [1.165, 1.54) is 25.3 Å². The number of nitrogens with zero attached hydrogens (tertiary/aromatic N) is 1. The van der Waals surface area contributed by atoms with Gasteiger partial charge in [0.1, 0.15) is 6.54 Å².